The SMILES string of the molecule is CCCCCCCCC=CCCCCCCC(CCC(=O)O)C(=O)O. The molecule has 0 fully saturated rings. The van der Waals surface area contributed by atoms with Crippen molar-refractivity contribution < 1.29 is 19.8 Å². The van der Waals surface area contributed by atoms with Crippen LogP contribution in [-0.2, 0) is 9.59 Å². The van der Waals surface area contributed by atoms with Crippen LogP contribution < -0.4 is 0 Å². The quantitative estimate of drug-likeness (QED) is 0.227. The Balaban J connectivity index is 3.45. The topological polar surface area (TPSA) is 74.6 Å². The molecule has 0 aliphatic heterocycles. The molecule has 4 nitrogen and oxygen atoms in total. The van der Waals surface area contributed by atoms with E-state index in [-0.39, 0.29) is 12.8 Å². The van der Waals surface area contributed by atoms with Crippen molar-refractivity contribution in [2.45, 2.75) is 103 Å². The molecule has 0 spiro atoms. The fourth-order valence-corrected chi connectivity index (χ4v) is 2.97. The molecule has 0 radical (unpaired) electrons. The highest BCUT2D eigenvalue weighted by molar-refractivity contribution is 5.72. The predicted molar refractivity (Wildman–Crippen MR) is 103 cm³/mol. The largest absolute Gasteiger partial charge is 0.481 e. The van der Waals surface area contributed by atoms with E-state index in [0.29, 0.717) is 6.42 Å². The minimum atomic E-state index is -0.918. The highest BCUT2D eigenvalue weighted by atomic mass is 16.4. The predicted octanol–water partition coefficient (Wildman–Crippen LogP) is 6.20. The van der Waals surface area contributed by atoms with Crippen molar-refractivity contribution in [3.63, 3.8) is 0 Å². The van der Waals surface area contributed by atoms with Gasteiger partial charge in [0.1, 0.15) is 0 Å². The zero-order valence-corrected chi connectivity index (χ0v) is 16.0. The highest BCUT2D eigenvalue weighted by Gasteiger charge is 2.17. The maximum absolute atomic E-state index is 11.1. The van der Waals surface area contributed by atoms with Gasteiger partial charge in [0, 0.05) is 6.42 Å². The van der Waals surface area contributed by atoms with E-state index in [1.165, 1.54) is 44.9 Å². The summed E-state index contributed by atoms with van der Waals surface area (Å²) in [6.07, 6.45) is 19.9. The Morgan fingerprint density at radius 1 is 0.760 bits per heavy atom. The summed E-state index contributed by atoms with van der Waals surface area (Å²) >= 11 is 0. The summed E-state index contributed by atoms with van der Waals surface area (Å²) < 4.78 is 0. The second-order valence-corrected chi connectivity index (χ2v) is 6.99. The third kappa shape index (κ3) is 17.3. The Morgan fingerprint density at radius 2 is 1.28 bits per heavy atom. The number of carboxylic acid groups (broad SMARTS) is 2. The van der Waals surface area contributed by atoms with E-state index in [4.69, 9.17) is 10.2 Å². The highest BCUT2D eigenvalue weighted by Crippen LogP contribution is 2.17. The van der Waals surface area contributed by atoms with Crippen LogP contribution in [0.25, 0.3) is 0 Å². The number of unbranched alkanes of at least 4 members (excludes halogenated alkanes) is 10. The third-order valence-corrected chi connectivity index (χ3v) is 4.62. The van der Waals surface area contributed by atoms with Crippen molar-refractivity contribution in [2.24, 2.45) is 5.92 Å². The standard InChI is InChI=1S/C21H38O4/c1-2-3-4-5-6-7-8-9-10-11-12-13-14-15-16-19(21(24)25)17-18-20(22)23/h9-10,19H,2-8,11-18H2,1H3,(H,22,23)(H,24,25). The molecular weight excluding hydrogens is 316 g/mol. The van der Waals surface area contributed by atoms with Gasteiger partial charge in [-0.3, -0.25) is 9.59 Å². The van der Waals surface area contributed by atoms with Gasteiger partial charge in [0.15, 0.2) is 0 Å². The van der Waals surface area contributed by atoms with E-state index in [2.05, 4.69) is 19.1 Å². The normalized spacial score (nSPS) is 12.5. The van der Waals surface area contributed by atoms with Crippen molar-refractivity contribution in [2.75, 3.05) is 0 Å². The summed E-state index contributed by atoms with van der Waals surface area (Å²) in [5.74, 6) is -2.29. The van der Waals surface area contributed by atoms with Crippen LogP contribution in [0.1, 0.15) is 103 Å². The minimum absolute atomic E-state index is 0.0552. The number of allylic oxidation sites excluding steroid dienone is 2. The number of hydrogen-bond donors (Lipinski definition) is 2. The minimum Gasteiger partial charge on any atom is -0.481 e. The van der Waals surface area contributed by atoms with Crippen LogP contribution in [0.5, 0.6) is 0 Å². The lowest BCUT2D eigenvalue weighted by Gasteiger charge is -2.10. The molecule has 0 saturated heterocycles. The van der Waals surface area contributed by atoms with Gasteiger partial charge in [-0.25, -0.2) is 0 Å². The summed E-state index contributed by atoms with van der Waals surface area (Å²) in [5.41, 5.74) is 0. The van der Waals surface area contributed by atoms with Gasteiger partial charge in [-0.05, 0) is 38.5 Å². The molecule has 1 atom stereocenters. The van der Waals surface area contributed by atoms with Gasteiger partial charge < -0.3 is 10.2 Å². The Morgan fingerprint density at radius 3 is 1.80 bits per heavy atom. The number of carbonyl (C=O) groups is 2. The van der Waals surface area contributed by atoms with Crippen molar-refractivity contribution >= 4 is 11.9 Å². The maximum atomic E-state index is 11.1. The number of carboxylic acids is 2. The molecule has 25 heavy (non-hydrogen) atoms. The van der Waals surface area contributed by atoms with Crippen LogP contribution in [-0.4, -0.2) is 22.2 Å². The van der Waals surface area contributed by atoms with E-state index >= 15 is 0 Å². The van der Waals surface area contributed by atoms with Gasteiger partial charge in [-0.2, -0.15) is 0 Å². The van der Waals surface area contributed by atoms with Crippen LogP contribution in [0.3, 0.4) is 0 Å². The molecule has 0 rings (SSSR count). The van der Waals surface area contributed by atoms with Crippen LogP contribution in [0, 0.1) is 5.92 Å². The second kappa shape index (κ2) is 17.5. The first kappa shape index (κ1) is 23.7. The molecule has 4 heteroatoms. The first-order chi connectivity index (χ1) is 12.1. The van der Waals surface area contributed by atoms with Crippen molar-refractivity contribution in [3.8, 4) is 0 Å². The second-order valence-electron chi connectivity index (χ2n) is 6.99. The summed E-state index contributed by atoms with van der Waals surface area (Å²) in [6, 6.07) is 0. The van der Waals surface area contributed by atoms with Gasteiger partial charge in [-0.1, -0.05) is 70.4 Å². The molecule has 0 saturated carbocycles. The molecule has 0 bridgehead atoms. The fraction of sp³-hybridized carbons (Fsp3) is 0.810. The summed E-state index contributed by atoms with van der Waals surface area (Å²) in [6.45, 7) is 2.24. The molecule has 0 aliphatic carbocycles. The van der Waals surface area contributed by atoms with Crippen molar-refractivity contribution in [3.05, 3.63) is 12.2 Å². The Kier molecular flexibility index (Phi) is 16.6. The van der Waals surface area contributed by atoms with E-state index in [9.17, 15) is 9.59 Å². The van der Waals surface area contributed by atoms with Gasteiger partial charge in [0.2, 0.25) is 0 Å². The number of hydrogen-bond acceptors (Lipinski definition) is 2. The van der Waals surface area contributed by atoms with Gasteiger partial charge in [0.05, 0.1) is 5.92 Å². The van der Waals surface area contributed by atoms with Crippen molar-refractivity contribution in [1.29, 1.82) is 0 Å². The van der Waals surface area contributed by atoms with E-state index in [1.807, 2.05) is 0 Å². The molecule has 0 amide bonds. The Labute approximate surface area is 153 Å². The molecule has 0 aromatic carbocycles. The molecule has 0 aromatic heterocycles. The summed E-state index contributed by atoms with van der Waals surface area (Å²) in [7, 11) is 0. The summed E-state index contributed by atoms with van der Waals surface area (Å²) in [5, 5.41) is 17.7. The fourth-order valence-electron chi connectivity index (χ4n) is 2.97. The Hall–Kier alpha value is -1.32. The van der Waals surface area contributed by atoms with Gasteiger partial charge >= 0.3 is 11.9 Å². The van der Waals surface area contributed by atoms with E-state index < -0.39 is 17.9 Å². The molecule has 0 aromatic rings. The van der Waals surface area contributed by atoms with Crippen LogP contribution >= 0.6 is 0 Å². The average Bonchev–Trinajstić information content (AvgIpc) is 2.57. The first-order valence-corrected chi connectivity index (χ1v) is 10.2. The number of rotatable bonds is 18. The van der Waals surface area contributed by atoms with Crippen molar-refractivity contribution in [1.82, 2.24) is 0 Å². The van der Waals surface area contributed by atoms with Gasteiger partial charge in [0.25, 0.3) is 0 Å². The van der Waals surface area contributed by atoms with Gasteiger partial charge in [-0.15, -0.1) is 0 Å². The molecule has 0 aliphatic rings. The zero-order chi connectivity index (χ0) is 18.8. The smallest absolute Gasteiger partial charge is 0.306 e. The number of aliphatic carboxylic acids is 2. The first-order valence-electron chi connectivity index (χ1n) is 10.2. The monoisotopic (exact) mass is 354 g/mol. The van der Waals surface area contributed by atoms with Crippen LogP contribution in [0.4, 0.5) is 0 Å². The van der Waals surface area contributed by atoms with E-state index in [1.54, 1.807) is 0 Å². The Bertz CT molecular complexity index is 363. The molecule has 2 N–H and O–H groups in total. The summed E-state index contributed by atoms with van der Waals surface area (Å²) in [4.78, 5) is 21.6. The van der Waals surface area contributed by atoms with Crippen LogP contribution in [0.2, 0.25) is 0 Å². The molecule has 0 heterocycles. The lowest BCUT2D eigenvalue weighted by atomic mass is 9.96. The molecule has 146 valence electrons. The average molecular weight is 355 g/mol. The molecule has 1 unspecified atom stereocenters. The van der Waals surface area contributed by atoms with E-state index in [0.717, 1.165) is 32.1 Å². The van der Waals surface area contributed by atoms with Crippen LogP contribution in [0.15, 0.2) is 12.2 Å². The third-order valence-electron chi connectivity index (χ3n) is 4.62. The maximum Gasteiger partial charge on any atom is 0.306 e. The molecular formula is C21H38O4. The lowest BCUT2D eigenvalue weighted by molar-refractivity contribution is -0.143. The zero-order valence-electron chi connectivity index (χ0n) is 16.0. The lowest BCUT2D eigenvalue weighted by Crippen LogP contribution is -2.15.